The standard InChI is InChI=1S/C12H14N4O3/c1-2-15(8-4-7-13)12(17)9-5-3-6-10(11(9)14)16(18)19/h3,5-6H,2,4,8,14H2,1H3. The third-order valence-electron chi connectivity index (χ3n) is 2.67. The van der Waals surface area contributed by atoms with Crippen molar-refractivity contribution in [2.24, 2.45) is 0 Å². The van der Waals surface area contributed by atoms with Gasteiger partial charge in [0.15, 0.2) is 0 Å². The molecule has 0 aliphatic heterocycles. The molecule has 0 bridgehead atoms. The number of nitriles is 1. The number of carbonyl (C=O) groups is 1. The number of benzene rings is 1. The number of rotatable bonds is 5. The van der Waals surface area contributed by atoms with Gasteiger partial charge in [-0.2, -0.15) is 5.26 Å². The highest BCUT2D eigenvalue weighted by Crippen LogP contribution is 2.25. The number of hydrogen-bond acceptors (Lipinski definition) is 5. The van der Waals surface area contributed by atoms with Crippen molar-refractivity contribution in [3.05, 3.63) is 33.9 Å². The van der Waals surface area contributed by atoms with E-state index >= 15 is 0 Å². The monoisotopic (exact) mass is 262 g/mol. The molecule has 0 saturated carbocycles. The van der Waals surface area contributed by atoms with Gasteiger partial charge in [-0.15, -0.1) is 0 Å². The van der Waals surface area contributed by atoms with Gasteiger partial charge >= 0.3 is 0 Å². The summed E-state index contributed by atoms with van der Waals surface area (Å²) in [7, 11) is 0. The topological polar surface area (TPSA) is 113 Å². The quantitative estimate of drug-likeness (QED) is 0.491. The number of anilines is 1. The highest BCUT2D eigenvalue weighted by Gasteiger charge is 2.22. The molecule has 1 aromatic rings. The lowest BCUT2D eigenvalue weighted by atomic mass is 10.1. The molecule has 1 rings (SSSR count). The predicted molar refractivity (Wildman–Crippen MR) is 69.3 cm³/mol. The van der Waals surface area contributed by atoms with Crippen LogP contribution in [0.25, 0.3) is 0 Å². The van der Waals surface area contributed by atoms with Crippen LogP contribution >= 0.6 is 0 Å². The number of nitrogen functional groups attached to an aromatic ring is 1. The Morgan fingerprint density at radius 1 is 1.58 bits per heavy atom. The Bertz CT molecular complexity index is 536. The molecule has 0 atom stereocenters. The van der Waals surface area contributed by atoms with E-state index in [1.165, 1.54) is 23.1 Å². The zero-order valence-corrected chi connectivity index (χ0v) is 10.5. The van der Waals surface area contributed by atoms with E-state index in [2.05, 4.69) is 0 Å². The summed E-state index contributed by atoms with van der Waals surface area (Å²) in [6.45, 7) is 2.44. The second-order valence-electron chi connectivity index (χ2n) is 3.79. The van der Waals surface area contributed by atoms with E-state index in [9.17, 15) is 14.9 Å². The summed E-state index contributed by atoms with van der Waals surface area (Å²) in [6, 6.07) is 6.06. The van der Waals surface area contributed by atoms with Gasteiger partial charge in [-0.05, 0) is 13.0 Å². The molecule has 19 heavy (non-hydrogen) atoms. The van der Waals surface area contributed by atoms with Gasteiger partial charge in [0.25, 0.3) is 11.6 Å². The second kappa shape index (κ2) is 6.35. The maximum Gasteiger partial charge on any atom is 0.292 e. The number of hydrogen-bond donors (Lipinski definition) is 1. The molecule has 0 spiro atoms. The summed E-state index contributed by atoms with van der Waals surface area (Å²) in [6.07, 6.45) is 0.203. The van der Waals surface area contributed by atoms with Gasteiger partial charge < -0.3 is 10.6 Å². The van der Waals surface area contributed by atoms with Crippen molar-refractivity contribution < 1.29 is 9.72 Å². The van der Waals surface area contributed by atoms with Crippen LogP contribution in [-0.2, 0) is 0 Å². The summed E-state index contributed by atoms with van der Waals surface area (Å²) in [4.78, 5) is 23.8. The summed E-state index contributed by atoms with van der Waals surface area (Å²) < 4.78 is 0. The average molecular weight is 262 g/mol. The molecule has 100 valence electrons. The third kappa shape index (κ3) is 3.19. The Kier molecular flexibility index (Phi) is 4.83. The van der Waals surface area contributed by atoms with Crippen LogP contribution in [0.4, 0.5) is 11.4 Å². The molecular weight excluding hydrogens is 248 g/mol. The number of nitro benzene ring substituents is 1. The number of nitrogens with two attached hydrogens (primary N) is 1. The average Bonchev–Trinajstić information content (AvgIpc) is 2.39. The van der Waals surface area contributed by atoms with E-state index in [4.69, 9.17) is 11.0 Å². The van der Waals surface area contributed by atoms with Gasteiger partial charge in [-0.25, -0.2) is 0 Å². The van der Waals surface area contributed by atoms with Crippen molar-refractivity contribution >= 4 is 17.3 Å². The van der Waals surface area contributed by atoms with Crippen LogP contribution in [-0.4, -0.2) is 28.8 Å². The second-order valence-corrected chi connectivity index (χ2v) is 3.79. The zero-order valence-electron chi connectivity index (χ0n) is 10.5. The van der Waals surface area contributed by atoms with E-state index in [0.29, 0.717) is 6.54 Å². The summed E-state index contributed by atoms with van der Waals surface area (Å²) in [5, 5.41) is 19.3. The van der Waals surface area contributed by atoms with Crippen LogP contribution in [0, 0.1) is 21.4 Å². The van der Waals surface area contributed by atoms with E-state index in [0.717, 1.165) is 0 Å². The largest absolute Gasteiger partial charge is 0.393 e. The van der Waals surface area contributed by atoms with Gasteiger partial charge in [0.05, 0.1) is 23.0 Å². The Morgan fingerprint density at radius 3 is 2.79 bits per heavy atom. The normalized spacial score (nSPS) is 9.68. The number of nitro groups is 1. The molecule has 1 amide bonds. The molecule has 0 heterocycles. The van der Waals surface area contributed by atoms with E-state index in [1.54, 1.807) is 6.92 Å². The lowest BCUT2D eigenvalue weighted by Gasteiger charge is -2.20. The molecule has 0 radical (unpaired) electrons. The maximum atomic E-state index is 12.2. The smallest absolute Gasteiger partial charge is 0.292 e. The number of para-hydroxylation sites is 1. The van der Waals surface area contributed by atoms with E-state index in [-0.39, 0.29) is 29.9 Å². The van der Waals surface area contributed by atoms with Crippen molar-refractivity contribution in [1.29, 1.82) is 5.26 Å². The molecule has 0 aromatic heterocycles. The minimum Gasteiger partial charge on any atom is -0.393 e. The number of nitrogens with zero attached hydrogens (tertiary/aromatic N) is 3. The summed E-state index contributed by atoms with van der Waals surface area (Å²) in [5.74, 6) is -0.404. The van der Waals surface area contributed by atoms with Gasteiger partial charge in [-0.3, -0.25) is 14.9 Å². The molecule has 1 aromatic carbocycles. The number of carbonyl (C=O) groups excluding carboxylic acids is 1. The Balaban J connectivity index is 3.09. The van der Waals surface area contributed by atoms with E-state index in [1.807, 2.05) is 6.07 Å². The summed E-state index contributed by atoms with van der Waals surface area (Å²) >= 11 is 0. The van der Waals surface area contributed by atoms with Gasteiger partial charge in [-0.1, -0.05) is 6.07 Å². The van der Waals surface area contributed by atoms with Crippen LogP contribution in [0.2, 0.25) is 0 Å². The van der Waals surface area contributed by atoms with Crippen molar-refractivity contribution in [3.8, 4) is 6.07 Å². The molecule has 2 N–H and O–H groups in total. The first-order valence-electron chi connectivity index (χ1n) is 5.72. The lowest BCUT2D eigenvalue weighted by molar-refractivity contribution is -0.383. The first kappa shape index (κ1) is 14.4. The minimum atomic E-state index is -0.627. The van der Waals surface area contributed by atoms with Crippen LogP contribution in [0.15, 0.2) is 18.2 Å². The Hall–Kier alpha value is -2.62. The van der Waals surface area contributed by atoms with E-state index < -0.39 is 10.8 Å². The van der Waals surface area contributed by atoms with Crippen molar-refractivity contribution in [2.75, 3.05) is 18.8 Å². The first-order chi connectivity index (χ1) is 9.02. The molecule has 7 heteroatoms. The molecular formula is C12H14N4O3. The molecule has 7 nitrogen and oxygen atoms in total. The molecule has 0 unspecified atom stereocenters. The number of amides is 1. The van der Waals surface area contributed by atoms with Crippen molar-refractivity contribution in [1.82, 2.24) is 4.90 Å². The first-order valence-corrected chi connectivity index (χ1v) is 5.72. The Labute approximate surface area is 110 Å². The van der Waals surface area contributed by atoms with Crippen LogP contribution in [0.3, 0.4) is 0 Å². The van der Waals surface area contributed by atoms with Gasteiger partial charge in [0.1, 0.15) is 5.69 Å². The molecule has 0 aliphatic carbocycles. The van der Waals surface area contributed by atoms with Crippen LogP contribution in [0.5, 0.6) is 0 Å². The molecule has 0 aliphatic rings. The fourth-order valence-electron chi connectivity index (χ4n) is 1.66. The van der Waals surface area contributed by atoms with Gasteiger partial charge in [0, 0.05) is 19.2 Å². The summed E-state index contributed by atoms with van der Waals surface area (Å²) in [5.41, 5.74) is 5.31. The zero-order chi connectivity index (χ0) is 14.4. The molecule has 0 fully saturated rings. The minimum absolute atomic E-state index is 0.0917. The maximum absolute atomic E-state index is 12.2. The Morgan fingerprint density at radius 2 is 2.26 bits per heavy atom. The SMILES string of the molecule is CCN(CCC#N)C(=O)c1cccc([N+](=O)[O-])c1N. The fraction of sp³-hybridized carbons (Fsp3) is 0.333. The van der Waals surface area contributed by atoms with Crippen LogP contribution < -0.4 is 5.73 Å². The van der Waals surface area contributed by atoms with Crippen molar-refractivity contribution in [2.45, 2.75) is 13.3 Å². The fourth-order valence-corrected chi connectivity index (χ4v) is 1.66. The highest BCUT2D eigenvalue weighted by atomic mass is 16.6. The van der Waals surface area contributed by atoms with Gasteiger partial charge in [0.2, 0.25) is 0 Å². The highest BCUT2D eigenvalue weighted by molar-refractivity contribution is 6.01. The van der Waals surface area contributed by atoms with Crippen LogP contribution in [0.1, 0.15) is 23.7 Å². The molecule has 0 saturated heterocycles. The van der Waals surface area contributed by atoms with Crippen molar-refractivity contribution in [3.63, 3.8) is 0 Å². The predicted octanol–water partition coefficient (Wildman–Crippen LogP) is 1.55. The third-order valence-corrected chi connectivity index (χ3v) is 2.67. The lowest BCUT2D eigenvalue weighted by Crippen LogP contribution is -2.32.